The molecule has 104 valence electrons. The Morgan fingerprint density at radius 1 is 1.35 bits per heavy atom. The fourth-order valence-corrected chi connectivity index (χ4v) is 2.94. The van der Waals surface area contributed by atoms with Crippen LogP contribution in [0.15, 0.2) is 41.5 Å². The first-order valence-corrected chi connectivity index (χ1v) is 7.27. The van der Waals surface area contributed by atoms with Crippen LogP contribution in [0.3, 0.4) is 0 Å². The van der Waals surface area contributed by atoms with Gasteiger partial charge >= 0.3 is 0 Å². The number of allylic oxidation sites excluding steroid dienone is 1. The normalized spacial score (nSPS) is 23.6. The Bertz CT molecular complexity index is 556. The number of carbonyl (C=O) groups excluding carboxylic acids is 1. The highest BCUT2D eigenvalue weighted by Gasteiger charge is 2.60. The van der Waals surface area contributed by atoms with Gasteiger partial charge in [0.1, 0.15) is 0 Å². The Hall–Kier alpha value is -1.90. The van der Waals surface area contributed by atoms with Crippen molar-refractivity contribution in [3.63, 3.8) is 0 Å². The average Bonchev–Trinajstić information content (AvgIpc) is 3.20. The van der Waals surface area contributed by atoms with Crippen molar-refractivity contribution in [2.24, 2.45) is 16.4 Å². The summed E-state index contributed by atoms with van der Waals surface area (Å²) in [7, 11) is 0. The predicted molar refractivity (Wildman–Crippen MR) is 81.1 cm³/mol. The molecule has 1 N–H and O–H groups in total. The first kappa shape index (κ1) is 13.1. The zero-order valence-electron chi connectivity index (χ0n) is 11.8. The number of hydrazone groups is 1. The van der Waals surface area contributed by atoms with E-state index in [1.54, 1.807) is 0 Å². The van der Waals surface area contributed by atoms with Crippen LogP contribution in [0.25, 0.3) is 6.08 Å². The summed E-state index contributed by atoms with van der Waals surface area (Å²) in [6.07, 6.45) is 8.71. The number of amides is 1. The van der Waals surface area contributed by atoms with Crippen LogP contribution in [0.2, 0.25) is 0 Å². The third kappa shape index (κ3) is 2.67. The number of rotatable bonds is 4. The minimum atomic E-state index is 0.0946. The number of hydrogen-bond acceptors (Lipinski definition) is 2. The zero-order chi connectivity index (χ0) is 14.0. The second-order valence-corrected chi connectivity index (χ2v) is 5.95. The van der Waals surface area contributed by atoms with Crippen LogP contribution in [-0.2, 0) is 4.79 Å². The van der Waals surface area contributed by atoms with E-state index in [0.29, 0.717) is 5.41 Å². The Morgan fingerprint density at radius 3 is 2.70 bits per heavy atom. The van der Waals surface area contributed by atoms with E-state index in [1.165, 1.54) is 19.3 Å². The Balaban J connectivity index is 1.51. The highest BCUT2D eigenvalue weighted by Crippen LogP contribution is 2.65. The second kappa shape index (κ2) is 5.23. The van der Waals surface area contributed by atoms with Gasteiger partial charge in [0.2, 0.25) is 5.91 Å². The van der Waals surface area contributed by atoms with Crippen molar-refractivity contribution in [3.05, 3.63) is 42.0 Å². The van der Waals surface area contributed by atoms with Crippen LogP contribution in [0, 0.1) is 11.3 Å². The van der Waals surface area contributed by atoms with Crippen LogP contribution < -0.4 is 5.43 Å². The number of nitrogens with one attached hydrogen (secondary N) is 1. The van der Waals surface area contributed by atoms with Crippen molar-refractivity contribution in [2.45, 2.75) is 32.6 Å². The molecule has 0 aliphatic heterocycles. The third-order valence-corrected chi connectivity index (χ3v) is 4.51. The molecule has 0 saturated heterocycles. The maximum absolute atomic E-state index is 12.0. The summed E-state index contributed by atoms with van der Waals surface area (Å²) in [6, 6.07) is 10.1. The van der Waals surface area contributed by atoms with E-state index in [2.05, 4.69) is 10.5 Å². The molecule has 1 atom stereocenters. The molecule has 3 rings (SSSR count). The van der Waals surface area contributed by atoms with Gasteiger partial charge in [0.25, 0.3) is 0 Å². The summed E-state index contributed by atoms with van der Waals surface area (Å²) < 4.78 is 0. The molecule has 0 bridgehead atoms. The molecule has 3 nitrogen and oxygen atoms in total. The van der Waals surface area contributed by atoms with E-state index in [1.807, 2.05) is 49.4 Å². The van der Waals surface area contributed by atoms with Crippen molar-refractivity contribution in [1.82, 2.24) is 5.43 Å². The average molecular weight is 268 g/mol. The molecule has 1 amide bonds. The van der Waals surface area contributed by atoms with Crippen LogP contribution in [0.5, 0.6) is 0 Å². The molecule has 1 aromatic carbocycles. The molecule has 1 aromatic rings. The molecule has 2 aliphatic rings. The first-order chi connectivity index (χ1) is 9.70. The summed E-state index contributed by atoms with van der Waals surface area (Å²) in [5, 5.41) is 4.15. The molecule has 2 saturated carbocycles. The predicted octanol–water partition coefficient (Wildman–Crippen LogP) is 3.38. The Kier molecular flexibility index (Phi) is 3.43. The molecule has 0 aromatic heterocycles. The minimum Gasteiger partial charge on any atom is -0.273 e. The molecule has 0 heterocycles. The smallest absolute Gasteiger partial charge is 0.243 e. The zero-order valence-corrected chi connectivity index (χ0v) is 11.8. The summed E-state index contributed by atoms with van der Waals surface area (Å²) in [5.41, 5.74) is 5.01. The number of benzene rings is 1. The second-order valence-electron chi connectivity index (χ2n) is 5.95. The summed E-state index contributed by atoms with van der Waals surface area (Å²) >= 11 is 0. The lowest BCUT2D eigenvalue weighted by Gasteiger charge is -2.25. The number of hydrogen-bond donors (Lipinski definition) is 1. The third-order valence-electron chi connectivity index (χ3n) is 4.51. The summed E-state index contributed by atoms with van der Waals surface area (Å²) in [6.45, 7) is 1.89. The highest BCUT2D eigenvalue weighted by atomic mass is 16.2. The summed E-state index contributed by atoms with van der Waals surface area (Å²) in [4.78, 5) is 12.0. The van der Waals surface area contributed by atoms with Crippen LogP contribution in [0.1, 0.15) is 38.2 Å². The lowest BCUT2D eigenvalue weighted by Crippen LogP contribution is -2.26. The van der Waals surface area contributed by atoms with Gasteiger partial charge < -0.3 is 0 Å². The van der Waals surface area contributed by atoms with Crippen molar-refractivity contribution < 1.29 is 4.79 Å². The van der Waals surface area contributed by atoms with E-state index in [0.717, 1.165) is 17.7 Å². The van der Waals surface area contributed by atoms with Crippen LogP contribution in [-0.4, -0.2) is 11.6 Å². The molecule has 3 heteroatoms. The van der Waals surface area contributed by atoms with E-state index >= 15 is 0 Å². The lowest BCUT2D eigenvalue weighted by atomic mass is 9.80. The lowest BCUT2D eigenvalue weighted by molar-refractivity contribution is -0.123. The van der Waals surface area contributed by atoms with Gasteiger partial charge in [-0.25, -0.2) is 5.43 Å². The van der Waals surface area contributed by atoms with Gasteiger partial charge in [-0.05, 0) is 43.2 Å². The summed E-state index contributed by atoms with van der Waals surface area (Å²) in [5.74, 6) is 0.308. The first-order valence-electron chi connectivity index (χ1n) is 7.27. The maximum Gasteiger partial charge on any atom is 0.243 e. The molecule has 2 fully saturated rings. The van der Waals surface area contributed by atoms with Crippen molar-refractivity contribution in [1.29, 1.82) is 0 Å². The molecule has 20 heavy (non-hydrogen) atoms. The Morgan fingerprint density at radius 2 is 2.10 bits per heavy atom. The largest absolute Gasteiger partial charge is 0.273 e. The van der Waals surface area contributed by atoms with Gasteiger partial charge in [0, 0.05) is 5.92 Å². The van der Waals surface area contributed by atoms with Crippen molar-refractivity contribution in [2.75, 3.05) is 0 Å². The SMILES string of the molecule is CC(/C=C/c1ccccc1)=N/NC(=O)[C@@H]1CC12CCC2. The molecule has 0 unspecified atom stereocenters. The molecular formula is C17H20N2O. The Labute approximate surface area is 119 Å². The fourth-order valence-electron chi connectivity index (χ4n) is 2.94. The van der Waals surface area contributed by atoms with Crippen LogP contribution in [0.4, 0.5) is 0 Å². The molecular weight excluding hydrogens is 248 g/mol. The van der Waals surface area contributed by atoms with E-state index in [-0.39, 0.29) is 11.8 Å². The standard InChI is InChI=1S/C17H20N2O/c1-13(8-9-14-6-3-2-4-7-14)18-19-16(20)15-12-17(15)10-5-11-17/h2-4,6-9,15H,5,10-12H2,1H3,(H,19,20)/b9-8+,18-13-/t15-/m0/s1. The molecule has 0 radical (unpaired) electrons. The highest BCUT2D eigenvalue weighted by molar-refractivity contribution is 5.97. The van der Waals surface area contributed by atoms with E-state index < -0.39 is 0 Å². The van der Waals surface area contributed by atoms with Gasteiger partial charge in [0.15, 0.2) is 0 Å². The topological polar surface area (TPSA) is 41.5 Å². The van der Waals surface area contributed by atoms with Gasteiger partial charge in [-0.1, -0.05) is 42.8 Å². The van der Waals surface area contributed by atoms with Crippen molar-refractivity contribution in [3.8, 4) is 0 Å². The molecule has 1 spiro atoms. The maximum atomic E-state index is 12.0. The number of carbonyl (C=O) groups is 1. The van der Waals surface area contributed by atoms with Gasteiger partial charge in [-0.2, -0.15) is 5.10 Å². The van der Waals surface area contributed by atoms with Crippen LogP contribution >= 0.6 is 0 Å². The van der Waals surface area contributed by atoms with Gasteiger partial charge in [0.05, 0.1) is 5.71 Å². The van der Waals surface area contributed by atoms with E-state index in [9.17, 15) is 4.79 Å². The minimum absolute atomic E-state index is 0.0946. The van der Waals surface area contributed by atoms with Gasteiger partial charge in [-0.15, -0.1) is 0 Å². The van der Waals surface area contributed by atoms with Crippen molar-refractivity contribution >= 4 is 17.7 Å². The number of nitrogens with zero attached hydrogens (tertiary/aromatic N) is 1. The monoisotopic (exact) mass is 268 g/mol. The fraction of sp³-hybridized carbons (Fsp3) is 0.412. The quantitative estimate of drug-likeness (QED) is 0.660. The van der Waals surface area contributed by atoms with E-state index in [4.69, 9.17) is 0 Å². The molecule has 2 aliphatic carbocycles. The van der Waals surface area contributed by atoms with Gasteiger partial charge in [-0.3, -0.25) is 4.79 Å².